The Labute approximate surface area is 109 Å². The quantitative estimate of drug-likeness (QED) is 0.771. The van der Waals surface area contributed by atoms with Gasteiger partial charge in [-0.2, -0.15) is 0 Å². The predicted octanol–water partition coefficient (Wildman–Crippen LogP) is 3.48. The van der Waals surface area contributed by atoms with Crippen LogP contribution in [0.1, 0.15) is 58.8 Å². The summed E-state index contributed by atoms with van der Waals surface area (Å²) in [7, 11) is 0. The van der Waals surface area contributed by atoms with Gasteiger partial charge in [0, 0.05) is 5.54 Å². The van der Waals surface area contributed by atoms with Gasteiger partial charge in [-0.05, 0) is 44.4 Å². The standard InChI is InChI=1S/C14H24ClNO/c1-3-11-7-12-5-4-6-14(8-11,9-12)16-13(17)10(2)15/h10-12H,3-9H2,1-2H3,(H,16,17)/t10-,11+,12-,14-/m1/s1. The van der Waals surface area contributed by atoms with E-state index < -0.39 is 5.38 Å². The van der Waals surface area contributed by atoms with Gasteiger partial charge in [0.1, 0.15) is 5.38 Å². The number of rotatable bonds is 3. The van der Waals surface area contributed by atoms with Crippen molar-refractivity contribution in [1.82, 2.24) is 5.32 Å². The fraction of sp³-hybridized carbons (Fsp3) is 0.929. The van der Waals surface area contributed by atoms with Gasteiger partial charge < -0.3 is 5.32 Å². The Morgan fingerprint density at radius 3 is 2.94 bits per heavy atom. The number of carbonyl (C=O) groups excluding carboxylic acids is 1. The van der Waals surface area contributed by atoms with Gasteiger partial charge in [-0.15, -0.1) is 11.6 Å². The molecule has 0 unspecified atom stereocenters. The molecule has 4 atom stereocenters. The van der Waals surface area contributed by atoms with E-state index in [-0.39, 0.29) is 11.4 Å². The van der Waals surface area contributed by atoms with Crippen LogP contribution in [0.5, 0.6) is 0 Å². The summed E-state index contributed by atoms with van der Waals surface area (Å²) in [4.78, 5) is 11.9. The zero-order chi connectivity index (χ0) is 12.5. The normalized spacial score (nSPS) is 38.5. The number of amides is 1. The van der Waals surface area contributed by atoms with Gasteiger partial charge in [-0.1, -0.05) is 26.2 Å². The average molecular weight is 258 g/mol. The van der Waals surface area contributed by atoms with E-state index in [0.29, 0.717) is 0 Å². The van der Waals surface area contributed by atoms with E-state index in [4.69, 9.17) is 11.6 Å². The summed E-state index contributed by atoms with van der Waals surface area (Å²) >= 11 is 5.88. The van der Waals surface area contributed by atoms with Crippen molar-refractivity contribution in [2.45, 2.75) is 69.7 Å². The molecule has 2 aliphatic rings. The predicted molar refractivity (Wildman–Crippen MR) is 71.2 cm³/mol. The highest BCUT2D eigenvalue weighted by Crippen LogP contribution is 2.46. The van der Waals surface area contributed by atoms with Crippen LogP contribution in [0.25, 0.3) is 0 Å². The molecule has 1 amide bonds. The van der Waals surface area contributed by atoms with E-state index >= 15 is 0 Å². The van der Waals surface area contributed by atoms with Crippen molar-refractivity contribution in [2.24, 2.45) is 11.8 Å². The van der Waals surface area contributed by atoms with Crippen LogP contribution in [-0.4, -0.2) is 16.8 Å². The van der Waals surface area contributed by atoms with E-state index in [1.165, 1.54) is 32.1 Å². The molecule has 2 bridgehead atoms. The molecule has 0 saturated heterocycles. The van der Waals surface area contributed by atoms with E-state index in [2.05, 4.69) is 12.2 Å². The van der Waals surface area contributed by atoms with Crippen molar-refractivity contribution < 1.29 is 4.79 Å². The first-order valence-corrected chi connectivity index (χ1v) is 7.44. The second-order valence-corrected chi connectivity index (χ2v) is 6.72. The SMILES string of the molecule is CC[C@H]1C[C@H]2CCC[C@](NC(=O)[C@@H](C)Cl)(C2)C1. The molecule has 2 fully saturated rings. The minimum Gasteiger partial charge on any atom is -0.349 e. The number of nitrogens with one attached hydrogen (secondary N) is 1. The van der Waals surface area contributed by atoms with Crippen molar-refractivity contribution in [1.29, 1.82) is 0 Å². The van der Waals surface area contributed by atoms with Crippen LogP contribution in [-0.2, 0) is 4.79 Å². The first-order valence-electron chi connectivity index (χ1n) is 7.01. The van der Waals surface area contributed by atoms with Gasteiger partial charge >= 0.3 is 0 Å². The Hall–Kier alpha value is -0.240. The molecule has 0 radical (unpaired) electrons. The highest BCUT2D eigenvalue weighted by atomic mass is 35.5. The van der Waals surface area contributed by atoms with E-state index in [1.54, 1.807) is 6.92 Å². The molecule has 0 aliphatic heterocycles. The van der Waals surface area contributed by atoms with Crippen molar-refractivity contribution in [3.63, 3.8) is 0 Å². The molecule has 2 nitrogen and oxygen atoms in total. The van der Waals surface area contributed by atoms with E-state index in [9.17, 15) is 4.79 Å². The number of halogens is 1. The molecule has 0 heterocycles. The van der Waals surface area contributed by atoms with Crippen molar-refractivity contribution in [3.8, 4) is 0 Å². The summed E-state index contributed by atoms with van der Waals surface area (Å²) in [5.41, 5.74) is 0.0715. The number of alkyl halides is 1. The van der Waals surface area contributed by atoms with Crippen molar-refractivity contribution in [2.75, 3.05) is 0 Å². The van der Waals surface area contributed by atoms with Crippen molar-refractivity contribution in [3.05, 3.63) is 0 Å². The molecule has 2 aliphatic carbocycles. The van der Waals surface area contributed by atoms with Crippen LogP contribution in [0.2, 0.25) is 0 Å². The van der Waals surface area contributed by atoms with Gasteiger partial charge in [0.15, 0.2) is 0 Å². The highest BCUT2D eigenvalue weighted by Gasteiger charge is 2.43. The van der Waals surface area contributed by atoms with Gasteiger partial charge in [-0.25, -0.2) is 0 Å². The monoisotopic (exact) mass is 257 g/mol. The third-order valence-corrected chi connectivity index (χ3v) is 4.82. The maximum atomic E-state index is 11.9. The molecular weight excluding hydrogens is 234 g/mol. The summed E-state index contributed by atoms with van der Waals surface area (Å²) in [6.07, 6.45) is 8.71. The molecule has 3 heteroatoms. The van der Waals surface area contributed by atoms with Gasteiger partial charge in [0.05, 0.1) is 0 Å². The number of fused-ring (bicyclic) bond motifs is 2. The third kappa shape index (κ3) is 2.96. The van der Waals surface area contributed by atoms with Crippen LogP contribution in [0.15, 0.2) is 0 Å². The zero-order valence-corrected chi connectivity index (χ0v) is 11.7. The Morgan fingerprint density at radius 2 is 2.29 bits per heavy atom. The molecule has 0 aromatic carbocycles. The molecule has 0 aromatic rings. The number of hydrogen-bond acceptors (Lipinski definition) is 1. The molecular formula is C14H24ClNO. The largest absolute Gasteiger partial charge is 0.349 e. The van der Waals surface area contributed by atoms with Crippen LogP contribution in [0, 0.1) is 11.8 Å². The molecule has 0 spiro atoms. The molecule has 1 N–H and O–H groups in total. The molecule has 2 rings (SSSR count). The molecule has 2 saturated carbocycles. The Kier molecular flexibility index (Phi) is 4.02. The summed E-state index contributed by atoms with van der Waals surface area (Å²) in [6, 6.07) is 0. The fourth-order valence-corrected chi connectivity index (χ4v) is 3.87. The maximum absolute atomic E-state index is 11.9. The molecule has 17 heavy (non-hydrogen) atoms. The highest BCUT2D eigenvalue weighted by molar-refractivity contribution is 6.30. The minimum atomic E-state index is -0.410. The second-order valence-electron chi connectivity index (χ2n) is 6.06. The smallest absolute Gasteiger partial charge is 0.238 e. The lowest BCUT2D eigenvalue weighted by Crippen LogP contribution is -2.56. The molecule has 98 valence electrons. The summed E-state index contributed by atoms with van der Waals surface area (Å²) in [5, 5.41) is 2.85. The van der Waals surface area contributed by atoms with Crippen LogP contribution < -0.4 is 5.32 Å². The maximum Gasteiger partial charge on any atom is 0.238 e. The lowest BCUT2D eigenvalue weighted by atomic mass is 9.63. The topological polar surface area (TPSA) is 29.1 Å². The van der Waals surface area contributed by atoms with Gasteiger partial charge in [0.2, 0.25) is 5.91 Å². The summed E-state index contributed by atoms with van der Waals surface area (Å²) in [6.45, 7) is 4.03. The van der Waals surface area contributed by atoms with Crippen LogP contribution >= 0.6 is 11.6 Å². The number of carbonyl (C=O) groups is 1. The summed E-state index contributed by atoms with van der Waals surface area (Å²) < 4.78 is 0. The van der Waals surface area contributed by atoms with Crippen LogP contribution in [0.3, 0.4) is 0 Å². The lowest BCUT2D eigenvalue weighted by Gasteiger charge is -2.49. The van der Waals surface area contributed by atoms with Crippen LogP contribution in [0.4, 0.5) is 0 Å². The van der Waals surface area contributed by atoms with Crippen molar-refractivity contribution >= 4 is 17.5 Å². The fourth-order valence-electron chi connectivity index (χ4n) is 3.82. The Bertz CT molecular complexity index is 292. The lowest BCUT2D eigenvalue weighted by molar-refractivity contribution is -0.124. The summed E-state index contributed by atoms with van der Waals surface area (Å²) in [5.74, 6) is 1.64. The Balaban J connectivity index is 2.07. The number of hydrogen-bond donors (Lipinski definition) is 1. The second kappa shape index (κ2) is 5.17. The first kappa shape index (κ1) is 13.2. The van der Waals surface area contributed by atoms with E-state index in [1.807, 2.05) is 0 Å². The average Bonchev–Trinajstić information content (AvgIpc) is 2.27. The van der Waals surface area contributed by atoms with Gasteiger partial charge in [0.25, 0.3) is 0 Å². The zero-order valence-electron chi connectivity index (χ0n) is 11.0. The van der Waals surface area contributed by atoms with E-state index in [0.717, 1.165) is 24.7 Å². The third-order valence-electron chi connectivity index (χ3n) is 4.62. The Morgan fingerprint density at radius 1 is 1.53 bits per heavy atom. The first-order chi connectivity index (χ1) is 8.04. The van der Waals surface area contributed by atoms with Gasteiger partial charge in [-0.3, -0.25) is 4.79 Å². The minimum absolute atomic E-state index is 0.0177. The molecule has 0 aromatic heterocycles.